The van der Waals surface area contributed by atoms with Gasteiger partial charge in [0.25, 0.3) is 5.91 Å². The number of amides is 1. The fourth-order valence-electron chi connectivity index (χ4n) is 2.36. The predicted octanol–water partition coefficient (Wildman–Crippen LogP) is 2.09. The monoisotopic (exact) mass is 298 g/mol. The zero-order valence-corrected chi connectivity index (χ0v) is 11.5. The highest BCUT2D eigenvalue weighted by atomic mass is 35.5. The van der Waals surface area contributed by atoms with E-state index in [0.717, 1.165) is 0 Å². The van der Waals surface area contributed by atoms with Crippen molar-refractivity contribution in [1.82, 2.24) is 4.90 Å². The second kappa shape index (κ2) is 6.19. The average Bonchev–Trinajstić information content (AvgIpc) is 2.46. The van der Waals surface area contributed by atoms with Crippen LogP contribution in [0, 0.1) is 16.0 Å². The lowest BCUT2D eigenvalue weighted by molar-refractivity contribution is -0.385. The van der Waals surface area contributed by atoms with Gasteiger partial charge in [-0.25, -0.2) is 0 Å². The molecule has 7 heteroatoms. The molecular formula is C13H15ClN2O4. The van der Waals surface area contributed by atoms with E-state index >= 15 is 0 Å². The van der Waals surface area contributed by atoms with Crippen molar-refractivity contribution in [3.8, 4) is 0 Å². The van der Waals surface area contributed by atoms with Crippen molar-refractivity contribution in [3.63, 3.8) is 0 Å². The van der Waals surface area contributed by atoms with Gasteiger partial charge in [-0.1, -0.05) is 17.7 Å². The van der Waals surface area contributed by atoms with Crippen molar-refractivity contribution < 1.29 is 14.8 Å². The molecule has 0 atom stereocenters. The molecule has 1 fully saturated rings. The number of aliphatic hydroxyl groups is 1. The van der Waals surface area contributed by atoms with Crippen LogP contribution in [-0.4, -0.2) is 40.5 Å². The van der Waals surface area contributed by atoms with Gasteiger partial charge < -0.3 is 10.0 Å². The minimum absolute atomic E-state index is 0.0185. The van der Waals surface area contributed by atoms with Crippen LogP contribution in [0.25, 0.3) is 0 Å². The molecule has 0 radical (unpaired) electrons. The Morgan fingerprint density at radius 3 is 2.65 bits per heavy atom. The number of halogens is 1. The highest BCUT2D eigenvalue weighted by molar-refractivity contribution is 6.33. The molecule has 108 valence electrons. The van der Waals surface area contributed by atoms with Crippen LogP contribution in [0.5, 0.6) is 0 Å². The van der Waals surface area contributed by atoms with Gasteiger partial charge in [0.1, 0.15) is 10.6 Å². The molecule has 1 aromatic carbocycles. The minimum atomic E-state index is -0.629. The maximum atomic E-state index is 12.4. The first-order chi connectivity index (χ1) is 9.54. The Morgan fingerprint density at radius 1 is 1.45 bits per heavy atom. The Kier molecular flexibility index (Phi) is 4.57. The zero-order valence-electron chi connectivity index (χ0n) is 10.8. The van der Waals surface area contributed by atoms with Crippen molar-refractivity contribution in [2.75, 3.05) is 19.7 Å². The number of benzene rings is 1. The van der Waals surface area contributed by atoms with Crippen LogP contribution < -0.4 is 0 Å². The average molecular weight is 299 g/mol. The van der Waals surface area contributed by atoms with E-state index in [4.69, 9.17) is 16.7 Å². The summed E-state index contributed by atoms with van der Waals surface area (Å²) in [6.45, 7) is 1.10. The number of nitrogens with zero attached hydrogens (tertiary/aromatic N) is 2. The molecule has 1 aliphatic heterocycles. The van der Waals surface area contributed by atoms with Crippen LogP contribution in [0.2, 0.25) is 5.02 Å². The van der Waals surface area contributed by atoms with Gasteiger partial charge in [-0.15, -0.1) is 0 Å². The number of nitro benzene ring substituents is 1. The van der Waals surface area contributed by atoms with Crippen LogP contribution in [-0.2, 0) is 0 Å². The Labute approximate surface area is 121 Å². The van der Waals surface area contributed by atoms with Crippen molar-refractivity contribution in [2.24, 2.45) is 5.92 Å². The van der Waals surface area contributed by atoms with E-state index in [1.54, 1.807) is 4.90 Å². The minimum Gasteiger partial charge on any atom is -0.396 e. The molecule has 1 aliphatic rings. The molecule has 0 aromatic heterocycles. The standard InChI is InChI=1S/C13H15ClN2O4/c14-11-3-1-2-10(12(11)16(19)20)13(18)15-6-4-9(8-17)5-7-15/h1-3,9,17H,4-8H2. The third-order valence-corrected chi connectivity index (χ3v) is 3.86. The van der Waals surface area contributed by atoms with Crippen LogP contribution in [0.1, 0.15) is 23.2 Å². The van der Waals surface area contributed by atoms with Gasteiger partial charge in [-0.05, 0) is 30.9 Å². The molecule has 1 amide bonds. The third kappa shape index (κ3) is 2.91. The topological polar surface area (TPSA) is 83.7 Å². The molecule has 1 aromatic rings. The van der Waals surface area contributed by atoms with E-state index in [1.165, 1.54) is 18.2 Å². The molecule has 0 unspecified atom stereocenters. The van der Waals surface area contributed by atoms with Crippen molar-refractivity contribution in [1.29, 1.82) is 0 Å². The largest absolute Gasteiger partial charge is 0.396 e. The Morgan fingerprint density at radius 2 is 2.10 bits per heavy atom. The number of carbonyl (C=O) groups is 1. The summed E-state index contributed by atoms with van der Waals surface area (Å²) in [5, 5.41) is 20.1. The molecule has 1 saturated heterocycles. The van der Waals surface area contributed by atoms with Gasteiger partial charge in [-0.3, -0.25) is 14.9 Å². The SMILES string of the molecule is O=C(c1cccc(Cl)c1[N+](=O)[O-])N1CCC(CO)CC1. The van der Waals surface area contributed by atoms with E-state index in [9.17, 15) is 14.9 Å². The summed E-state index contributed by atoms with van der Waals surface area (Å²) in [4.78, 5) is 24.4. The molecule has 0 saturated carbocycles. The van der Waals surface area contributed by atoms with Gasteiger partial charge in [-0.2, -0.15) is 0 Å². The maximum Gasteiger partial charge on any atom is 0.300 e. The van der Waals surface area contributed by atoms with Gasteiger partial charge in [0, 0.05) is 19.7 Å². The molecule has 0 bridgehead atoms. The molecule has 20 heavy (non-hydrogen) atoms. The van der Waals surface area contributed by atoms with E-state index in [-0.39, 0.29) is 34.7 Å². The zero-order chi connectivity index (χ0) is 14.7. The Bertz CT molecular complexity index is 527. The quantitative estimate of drug-likeness (QED) is 0.684. The van der Waals surface area contributed by atoms with Crippen molar-refractivity contribution in [2.45, 2.75) is 12.8 Å². The smallest absolute Gasteiger partial charge is 0.300 e. The first-order valence-electron chi connectivity index (χ1n) is 6.37. The molecule has 0 aliphatic carbocycles. The third-order valence-electron chi connectivity index (χ3n) is 3.56. The maximum absolute atomic E-state index is 12.4. The molecule has 6 nitrogen and oxygen atoms in total. The molecule has 2 rings (SSSR count). The van der Waals surface area contributed by atoms with E-state index < -0.39 is 4.92 Å². The Balaban J connectivity index is 2.22. The van der Waals surface area contributed by atoms with Crippen molar-refractivity contribution in [3.05, 3.63) is 38.9 Å². The number of likely N-dealkylation sites (tertiary alicyclic amines) is 1. The number of hydrogen-bond donors (Lipinski definition) is 1. The lowest BCUT2D eigenvalue weighted by Crippen LogP contribution is -2.39. The number of carbonyl (C=O) groups excluding carboxylic acids is 1. The highest BCUT2D eigenvalue weighted by Crippen LogP contribution is 2.30. The molecule has 0 spiro atoms. The van der Waals surface area contributed by atoms with Gasteiger partial charge >= 0.3 is 5.69 Å². The molecular weight excluding hydrogens is 284 g/mol. The molecule has 1 heterocycles. The second-order valence-corrected chi connectivity index (χ2v) is 5.22. The second-order valence-electron chi connectivity index (χ2n) is 4.81. The lowest BCUT2D eigenvalue weighted by Gasteiger charge is -2.31. The number of piperidine rings is 1. The predicted molar refractivity (Wildman–Crippen MR) is 73.8 cm³/mol. The number of para-hydroxylation sites is 1. The lowest BCUT2D eigenvalue weighted by atomic mass is 9.97. The summed E-state index contributed by atoms with van der Waals surface area (Å²) in [5.41, 5.74) is -0.326. The van der Waals surface area contributed by atoms with Crippen LogP contribution >= 0.6 is 11.6 Å². The first-order valence-corrected chi connectivity index (χ1v) is 6.75. The fourth-order valence-corrected chi connectivity index (χ4v) is 2.61. The van der Waals surface area contributed by atoms with E-state index in [1.807, 2.05) is 0 Å². The van der Waals surface area contributed by atoms with Crippen LogP contribution in [0.15, 0.2) is 18.2 Å². The first kappa shape index (κ1) is 14.7. The summed E-state index contributed by atoms with van der Waals surface area (Å²) < 4.78 is 0. The summed E-state index contributed by atoms with van der Waals surface area (Å²) in [5.74, 6) is -0.177. The van der Waals surface area contributed by atoms with Gasteiger partial charge in [0.2, 0.25) is 0 Å². The fraction of sp³-hybridized carbons (Fsp3) is 0.462. The van der Waals surface area contributed by atoms with Crippen LogP contribution in [0.3, 0.4) is 0 Å². The summed E-state index contributed by atoms with van der Waals surface area (Å²) in [7, 11) is 0. The number of hydrogen-bond acceptors (Lipinski definition) is 4. The Hall–Kier alpha value is -1.66. The van der Waals surface area contributed by atoms with E-state index in [2.05, 4.69) is 0 Å². The van der Waals surface area contributed by atoms with E-state index in [0.29, 0.717) is 25.9 Å². The molecule has 1 N–H and O–H groups in total. The van der Waals surface area contributed by atoms with Crippen LogP contribution in [0.4, 0.5) is 5.69 Å². The number of rotatable bonds is 3. The normalized spacial score (nSPS) is 16.2. The summed E-state index contributed by atoms with van der Waals surface area (Å²) >= 11 is 5.81. The highest BCUT2D eigenvalue weighted by Gasteiger charge is 2.29. The summed E-state index contributed by atoms with van der Waals surface area (Å²) in [6, 6.07) is 4.35. The van der Waals surface area contributed by atoms with Crippen molar-refractivity contribution >= 4 is 23.2 Å². The number of nitro groups is 1. The number of aliphatic hydroxyl groups excluding tert-OH is 1. The van der Waals surface area contributed by atoms with Gasteiger partial charge in [0.05, 0.1) is 4.92 Å². The van der Waals surface area contributed by atoms with Gasteiger partial charge in [0.15, 0.2) is 0 Å². The summed E-state index contributed by atoms with van der Waals surface area (Å²) in [6.07, 6.45) is 1.41.